The van der Waals surface area contributed by atoms with E-state index in [0.717, 1.165) is 0 Å². The maximum Gasteiger partial charge on any atom is 0.165 e. The molecule has 0 aromatic carbocycles. The first-order valence-electron chi connectivity index (χ1n) is 4.34. The number of thiocarbonyl (C=S) groups is 1. The van der Waals surface area contributed by atoms with Crippen molar-refractivity contribution in [2.75, 3.05) is 6.61 Å². The van der Waals surface area contributed by atoms with Crippen molar-refractivity contribution in [2.45, 2.75) is 30.6 Å². The lowest BCUT2D eigenvalue weighted by molar-refractivity contribution is -0.232. The molecule has 0 amide bonds. The quantitative estimate of drug-likeness (QED) is 0.275. The molecule has 7 nitrogen and oxygen atoms in total. The van der Waals surface area contributed by atoms with Crippen LogP contribution < -0.4 is 11.1 Å². The number of aliphatic hydroxyl groups excluding tert-OH is 4. The summed E-state index contributed by atoms with van der Waals surface area (Å²) in [5, 5.41) is 39.4. The summed E-state index contributed by atoms with van der Waals surface area (Å²) in [6.07, 6.45) is -6.19. The van der Waals surface area contributed by atoms with E-state index in [9.17, 15) is 15.3 Å². The Hall–Kier alpha value is -0.510. The van der Waals surface area contributed by atoms with Crippen LogP contribution in [0.4, 0.5) is 0 Å². The molecule has 0 saturated carbocycles. The van der Waals surface area contributed by atoms with Crippen molar-refractivity contribution in [1.29, 1.82) is 0 Å². The lowest BCUT2D eigenvalue weighted by Gasteiger charge is -2.40. The molecule has 1 unspecified atom stereocenters. The van der Waals surface area contributed by atoms with Crippen LogP contribution in [0.25, 0.3) is 0 Å². The lowest BCUT2D eigenvalue weighted by Crippen LogP contribution is -2.63. The van der Waals surface area contributed by atoms with Crippen molar-refractivity contribution in [3.8, 4) is 0 Å². The predicted octanol–water partition coefficient (Wildman–Crippen LogP) is -3.38. The molecule has 0 aromatic heterocycles. The van der Waals surface area contributed by atoms with Crippen LogP contribution in [0.2, 0.25) is 0 Å². The van der Waals surface area contributed by atoms with Crippen LogP contribution in [0.15, 0.2) is 0 Å². The van der Waals surface area contributed by atoms with E-state index in [1.807, 2.05) is 0 Å². The predicted molar refractivity (Wildman–Crippen MR) is 53.7 cm³/mol. The Morgan fingerprint density at radius 2 is 1.87 bits per heavy atom. The first-order chi connectivity index (χ1) is 6.97. The van der Waals surface area contributed by atoms with E-state index in [0.29, 0.717) is 0 Å². The number of nitrogens with one attached hydrogen (secondary N) is 1. The molecule has 0 radical (unpaired) electrons. The minimum absolute atomic E-state index is 0.112. The maximum absolute atomic E-state index is 9.48. The third-order valence-corrected chi connectivity index (χ3v) is 2.29. The van der Waals surface area contributed by atoms with Crippen LogP contribution in [0, 0.1) is 0 Å². The van der Waals surface area contributed by atoms with Crippen LogP contribution in [0.5, 0.6) is 0 Å². The average molecular weight is 238 g/mol. The molecule has 0 aromatic rings. The van der Waals surface area contributed by atoms with Crippen molar-refractivity contribution in [1.82, 2.24) is 5.32 Å². The minimum atomic E-state index is -1.43. The van der Waals surface area contributed by atoms with Gasteiger partial charge in [-0.05, 0) is 12.2 Å². The van der Waals surface area contributed by atoms with E-state index < -0.39 is 37.3 Å². The van der Waals surface area contributed by atoms with E-state index in [2.05, 4.69) is 17.5 Å². The zero-order valence-corrected chi connectivity index (χ0v) is 8.59. The third-order valence-electron chi connectivity index (χ3n) is 2.18. The summed E-state index contributed by atoms with van der Waals surface area (Å²) in [4.78, 5) is 0. The fourth-order valence-corrected chi connectivity index (χ4v) is 1.48. The molecule has 1 fully saturated rings. The van der Waals surface area contributed by atoms with Crippen molar-refractivity contribution in [2.24, 2.45) is 5.73 Å². The van der Waals surface area contributed by atoms with E-state index >= 15 is 0 Å². The van der Waals surface area contributed by atoms with E-state index in [1.165, 1.54) is 0 Å². The molecule has 1 heterocycles. The van der Waals surface area contributed by atoms with Gasteiger partial charge in [0.15, 0.2) is 11.3 Å². The largest absolute Gasteiger partial charge is 0.394 e. The zero-order valence-electron chi connectivity index (χ0n) is 7.78. The summed E-state index contributed by atoms with van der Waals surface area (Å²) in [7, 11) is 0. The van der Waals surface area contributed by atoms with Crippen molar-refractivity contribution < 1.29 is 25.2 Å². The Labute approximate surface area is 91.5 Å². The molecule has 1 aliphatic rings. The smallest absolute Gasteiger partial charge is 0.165 e. The Morgan fingerprint density at radius 3 is 2.33 bits per heavy atom. The number of hydrogen-bond acceptors (Lipinski definition) is 6. The highest BCUT2D eigenvalue weighted by Crippen LogP contribution is 2.19. The van der Waals surface area contributed by atoms with Crippen LogP contribution in [0.3, 0.4) is 0 Å². The van der Waals surface area contributed by atoms with Crippen molar-refractivity contribution >= 4 is 17.3 Å². The van der Waals surface area contributed by atoms with Crippen molar-refractivity contribution in [3.63, 3.8) is 0 Å². The van der Waals surface area contributed by atoms with Crippen molar-refractivity contribution in [3.05, 3.63) is 0 Å². The highest BCUT2D eigenvalue weighted by molar-refractivity contribution is 7.80. The standard InChI is InChI=1S/C7H14N2O5S/c8-7(15)9-6-5(13)4(12)3(11)2(1-10)14-6/h2-6,10-13H,1H2,(H3,8,9,15)/t2-,3+,4+,5-,6?/m1/s1. The fraction of sp³-hybridized carbons (Fsp3) is 0.857. The first-order valence-corrected chi connectivity index (χ1v) is 4.74. The van der Waals surface area contributed by atoms with Gasteiger partial charge in [0.2, 0.25) is 0 Å². The van der Waals surface area contributed by atoms with Gasteiger partial charge in [0.05, 0.1) is 6.61 Å². The number of aliphatic hydroxyl groups is 4. The molecule has 0 spiro atoms. The molecule has 1 saturated heterocycles. The maximum atomic E-state index is 9.48. The SMILES string of the molecule is NC(=S)NC1O[C@H](CO)[C@H](O)[C@H](O)[C@H]1O. The van der Waals surface area contributed by atoms with Gasteiger partial charge in [-0.1, -0.05) is 0 Å². The van der Waals surface area contributed by atoms with Gasteiger partial charge in [-0.25, -0.2) is 0 Å². The number of hydrogen-bond donors (Lipinski definition) is 6. The van der Waals surface area contributed by atoms with Crippen LogP contribution >= 0.6 is 12.2 Å². The van der Waals surface area contributed by atoms with E-state index in [4.69, 9.17) is 15.6 Å². The van der Waals surface area contributed by atoms with E-state index in [1.54, 1.807) is 0 Å². The van der Waals surface area contributed by atoms with Gasteiger partial charge in [0.25, 0.3) is 0 Å². The Bertz CT molecular complexity index is 239. The van der Waals surface area contributed by atoms with Crippen LogP contribution in [-0.4, -0.2) is 62.8 Å². The van der Waals surface area contributed by atoms with Gasteiger partial charge >= 0.3 is 0 Å². The van der Waals surface area contributed by atoms with E-state index in [-0.39, 0.29) is 5.11 Å². The van der Waals surface area contributed by atoms with Gasteiger partial charge in [-0.2, -0.15) is 0 Å². The second-order valence-electron chi connectivity index (χ2n) is 3.26. The summed E-state index contributed by atoms with van der Waals surface area (Å²) >= 11 is 4.54. The topological polar surface area (TPSA) is 128 Å². The molecular weight excluding hydrogens is 224 g/mol. The highest BCUT2D eigenvalue weighted by Gasteiger charge is 2.43. The summed E-state index contributed by atoms with van der Waals surface area (Å²) < 4.78 is 5.05. The molecule has 15 heavy (non-hydrogen) atoms. The molecule has 1 aliphatic heterocycles. The van der Waals surface area contributed by atoms with Gasteiger partial charge in [-0.15, -0.1) is 0 Å². The summed E-state index contributed by atoms with van der Waals surface area (Å²) in [5.74, 6) is 0. The minimum Gasteiger partial charge on any atom is -0.394 e. The van der Waals surface area contributed by atoms with Gasteiger partial charge in [0, 0.05) is 0 Å². The molecule has 5 atom stereocenters. The second-order valence-corrected chi connectivity index (χ2v) is 3.70. The monoisotopic (exact) mass is 238 g/mol. The zero-order chi connectivity index (χ0) is 11.6. The normalized spacial score (nSPS) is 41.2. The fourth-order valence-electron chi connectivity index (χ4n) is 1.36. The summed E-state index contributed by atoms with van der Waals surface area (Å²) in [6, 6.07) is 0. The van der Waals surface area contributed by atoms with Gasteiger partial charge in [0.1, 0.15) is 24.4 Å². The Balaban J connectivity index is 2.69. The van der Waals surface area contributed by atoms with Crippen LogP contribution in [-0.2, 0) is 4.74 Å². The number of ether oxygens (including phenoxy) is 1. The highest BCUT2D eigenvalue weighted by atomic mass is 32.1. The lowest BCUT2D eigenvalue weighted by atomic mass is 9.98. The Morgan fingerprint density at radius 1 is 1.27 bits per heavy atom. The Kier molecular flexibility index (Phi) is 4.20. The van der Waals surface area contributed by atoms with Gasteiger partial charge < -0.3 is 36.2 Å². The molecule has 1 rings (SSSR count). The molecular formula is C7H14N2O5S. The molecule has 8 heteroatoms. The summed E-state index contributed by atoms with van der Waals surface area (Å²) in [6.45, 7) is -0.486. The van der Waals surface area contributed by atoms with Crippen LogP contribution in [0.1, 0.15) is 0 Å². The second kappa shape index (κ2) is 5.01. The number of nitrogens with two attached hydrogens (primary N) is 1. The van der Waals surface area contributed by atoms with Gasteiger partial charge in [-0.3, -0.25) is 0 Å². The number of rotatable bonds is 2. The molecule has 0 aliphatic carbocycles. The summed E-state index contributed by atoms with van der Waals surface area (Å²) in [5.41, 5.74) is 5.18. The average Bonchev–Trinajstić information content (AvgIpc) is 2.18. The molecule has 88 valence electrons. The first kappa shape index (κ1) is 12.6. The molecule has 0 bridgehead atoms. The third kappa shape index (κ3) is 2.74. The molecule has 7 N–H and O–H groups in total.